The van der Waals surface area contributed by atoms with Crippen LogP contribution in [0.25, 0.3) is 10.9 Å². The minimum absolute atomic E-state index is 0.0709. The third kappa shape index (κ3) is 7.00. The molecule has 3 aromatic carbocycles. The van der Waals surface area contributed by atoms with Crippen LogP contribution in [0, 0.1) is 5.92 Å². The van der Waals surface area contributed by atoms with E-state index in [1.807, 2.05) is 80.2 Å². The molecule has 2 N–H and O–H groups in total. The number of aromatic nitrogens is 1. The number of para-hydroxylation sites is 1. The summed E-state index contributed by atoms with van der Waals surface area (Å²) in [6, 6.07) is 20.6. The number of benzene rings is 3. The van der Waals surface area contributed by atoms with Gasteiger partial charge in [0.25, 0.3) is 0 Å². The summed E-state index contributed by atoms with van der Waals surface area (Å²) >= 11 is 0. The highest BCUT2D eigenvalue weighted by atomic mass is 16.3. The van der Waals surface area contributed by atoms with Gasteiger partial charge in [-0.25, -0.2) is 14.8 Å². The fourth-order valence-corrected chi connectivity index (χ4v) is 7.14. The van der Waals surface area contributed by atoms with Gasteiger partial charge >= 0.3 is 6.03 Å². The number of fused-ring (bicyclic) bond motifs is 2. The van der Waals surface area contributed by atoms with Gasteiger partial charge in [-0.2, -0.15) is 0 Å². The Bertz CT molecular complexity index is 1900. The van der Waals surface area contributed by atoms with Gasteiger partial charge in [0, 0.05) is 56.7 Å². The number of piperazine rings is 1. The molecule has 0 radical (unpaired) electrons. The second kappa shape index (κ2) is 14.6. The van der Waals surface area contributed by atoms with Gasteiger partial charge in [0.15, 0.2) is 5.78 Å². The van der Waals surface area contributed by atoms with Crippen LogP contribution in [0.1, 0.15) is 47.3 Å². The number of nitrogens with one attached hydrogen (secondary N) is 1. The molecule has 0 spiro atoms. The van der Waals surface area contributed by atoms with Gasteiger partial charge in [0.2, 0.25) is 11.8 Å². The van der Waals surface area contributed by atoms with Gasteiger partial charge in [-0.05, 0) is 34.7 Å². The predicted octanol–water partition coefficient (Wildman–Crippen LogP) is 4.85. The number of aryl methyl sites for hydroxylation is 1. The predicted molar refractivity (Wildman–Crippen MR) is 191 cm³/mol. The number of phenols is 1. The first-order chi connectivity index (χ1) is 24.0. The summed E-state index contributed by atoms with van der Waals surface area (Å²) in [7, 11) is 1.90. The van der Waals surface area contributed by atoms with Crippen molar-refractivity contribution in [3.8, 4) is 5.75 Å². The highest BCUT2D eigenvalue weighted by molar-refractivity contribution is 6.08. The van der Waals surface area contributed by atoms with Crippen LogP contribution in [0.5, 0.6) is 5.75 Å². The van der Waals surface area contributed by atoms with E-state index in [0.717, 1.165) is 27.6 Å². The molecule has 3 heterocycles. The molecule has 4 amide bonds. The average molecular weight is 677 g/mol. The van der Waals surface area contributed by atoms with Crippen LogP contribution in [0.15, 0.2) is 91.6 Å². The minimum atomic E-state index is -0.906. The van der Waals surface area contributed by atoms with Gasteiger partial charge in [0.1, 0.15) is 18.0 Å². The van der Waals surface area contributed by atoms with Gasteiger partial charge in [-0.1, -0.05) is 80.6 Å². The molecule has 11 heteroatoms. The standard InChI is InChI=1S/C39H44N6O5/c1-5-18-43-25-36(48)44-33(20-27-14-16-30(46)17-15-27)38(49)42(24-35(44)45(43)39(50)40-21-28-10-7-6-8-11-28)22-29-12-9-13-31-32(23-41(4)37(29)31)34(47)19-26(2)3/h5-17,23,26,33,35,46H,1,18-22,24-25H2,2-4H3,(H,40,50). The summed E-state index contributed by atoms with van der Waals surface area (Å²) < 4.78 is 1.94. The lowest BCUT2D eigenvalue weighted by molar-refractivity contribution is -0.189. The van der Waals surface area contributed by atoms with Crippen LogP contribution in [-0.4, -0.2) is 85.0 Å². The Labute approximate surface area is 292 Å². The zero-order valence-electron chi connectivity index (χ0n) is 28.8. The van der Waals surface area contributed by atoms with Crippen molar-refractivity contribution < 1.29 is 24.3 Å². The lowest BCUT2D eigenvalue weighted by atomic mass is 9.97. The Morgan fingerprint density at radius 1 is 1.00 bits per heavy atom. The van der Waals surface area contributed by atoms with E-state index in [1.54, 1.807) is 50.2 Å². The number of carbonyl (C=O) groups excluding carboxylic acids is 4. The van der Waals surface area contributed by atoms with E-state index in [1.165, 1.54) is 0 Å². The number of ketones is 1. The topological polar surface area (TPSA) is 118 Å². The molecule has 11 nitrogen and oxygen atoms in total. The molecule has 2 saturated heterocycles. The number of carbonyl (C=O) groups is 4. The molecule has 4 aromatic rings. The molecule has 0 saturated carbocycles. The Hall–Kier alpha value is -5.42. The van der Waals surface area contributed by atoms with E-state index in [0.29, 0.717) is 12.0 Å². The van der Waals surface area contributed by atoms with Gasteiger partial charge in [0.05, 0.1) is 18.6 Å². The highest BCUT2D eigenvalue weighted by Gasteiger charge is 2.51. The number of rotatable bonds is 11. The largest absolute Gasteiger partial charge is 0.508 e. The quantitative estimate of drug-likeness (QED) is 0.173. The molecule has 50 heavy (non-hydrogen) atoms. The van der Waals surface area contributed by atoms with Crippen molar-refractivity contribution >= 4 is 34.5 Å². The van der Waals surface area contributed by atoms with Crippen LogP contribution in [0.3, 0.4) is 0 Å². The third-order valence-electron chi connectivity index (χ3n) is 9.37. The highest BCUT2D eigenvalue weighted by Crippen LogP contribution is 2.32. The van der Waals surface area contributed by atoms with E-state index in [-0.39, 0.29) is 68.4 Å². The summed E-state index contributed by atoms with van der Waals surface area (Å²) in [6.07, 6.45) is 3.33. The zero-order chi connectivity index (χ0) is 35.5. The van der Waals surface area contributed by atoms with E-state index in [4.69, 9.17) is 0 Å². The second-order valence-corrected chi connectivity index (χ2v) is 13.5. The van der Waals surface area contributed by atoms with Crippen molar-refractivity contribution in [1.82, 2.24) is 29.7 Å². The number of Topliss-reactive ketones (excluding diaryl/α,β-unsaturated/α-hetero) is 1. The van der Waals surface area contributed by atoms with Crippen molar-refractivity contribution in [2.24, 2.45) is 13.0 Å². The number of amides is 4. The molecule has 2 unspecified atom stereocenters. The van der Waals surface area contributed by atoms with E-state index >= 15 is 0 Å². The van der Waals surface area contributed by atoms with Crippen LogP contribution in [-0.2, 0) is 36.1 Å². The number of hydrazine groups is 1. The average Bonchev–Trinajstić information content (AvgIpc) is 3.44. The fourth-order valence-electron chi connectivity index (χ4n) is 7.14. The van der Waals surface area contributed by atoms with Crippen LogP contribution >= 0.6 is 0 Å². The number of nitrogens with zero attached hydrogens (tertiary/aromatic N) is 5. The first-order valence-electron chi connectivity index (χ1n) is 17.0. The van der Waals surface area contributed by atoms with Crippen molar-refractivity contribution in [1.29, 1.82) is 0 Å². The molecule has 2 aliphatic heterocycles. The Balaban J connectivity index is 1.38. The smallest absolute Gasteiger partial charge is 0.334 e. The van der Waals surface area contributed by atoms with Gasteiger partial charge < -0.3 is 24.8 Å². The number of aromatic hydroxyl groups is 1. The number of hydrogen-bond acceptors (Lipinski definition) is 6. The fraction of sp³-hybridized carbons (Fsp3) is 0.333. The lowest BCUT2D eigenvalue weighted by Crippen LogP contribution is -2.76. The summed E-state index contributed by atoms with van der Waals surface area (Å²) in [5.41, 5.74) is 4.05. The molecule has 6 rings (SSSR count). The summed E-state index contributed by atoms with van der Waals surface area (Å²) in [6.45, 7) is 8.61. The number of phenolic OH excluding ortho intramolecular Hbond substituents is 1. The second-order valence-electron chi connectivity index (χ2n) is 13.5. The molecule has 2 fully saturated rings. The van der Waals surface area contributed by atoms with Crippen molar-refractivity contribution in [2.75, 3.05) is 19.6 Å². The molecule has 2 aliphatic rings. The monoisotopic (exact) mass is 676 g/mol. The molecule has 0 aliphatic carbocycles. The SMILES string of the molecule is C=CCN1CC(=O)N2C(Cc3ccc(O)cc3)C(=O)N(Cc3cccc4c(C(=O)CC(C)C)cn(C)c34)CC2N1C(=O)NCc1ccccc1. The van der Waals surface area contributed by atoms with Crippen LogP contribution in [0.4, 0.5) is 4.79 Å². The molecule has 2 atom stereocenters. The summed E-state index contributed by atoms with van der Waals surface area (Å²) in [5, 5.41) is 17.0. The molecule has 260 valence electrons. The Morgan fingerprint density at radius 3 is 2.44 bits per heavy atom. The van der Waals surface area contributed by atoms with E-state index in [9.17, 15) is 24.3 Å². The zero-order valence-corrected chi connectivity index (χ0v) is 28.8. The first kappa shape index (κ1) is 34.4. The molecule has 0 bridgehead atoms. The van der Waals surface area contributed by atoms with Crippen molar-refractivity contribution in [3.05, 3.63) is 114 Å². The summed E-state index contributed by atoms with van der Waals surface area (Å²) in [5.74, 6) is -0.125. The molecular weight excluding hydrogens is 632 g/mol. The molecule has 1 aromatic heterocycles. The maximum Gasteiger partial charge on any atom is 0.334 e. The maximum absolute atomic E-state index is 14.5. The maximum atomic E-state index is 14.5. The number of hydrogen-bond donors (Lipinski definition) is 2. The summed E-state index contributed by atoms with van der Waals surface area (Å²) in [4.78, 5) is 59.0. The molecular formula is C39H44N6O5. The van der Waals surface area contributed by atoms with Crippen molar-refractivity contribution in [3.63, 3.8) is 0 Å². The first-order valence-corrected chi connectivity index (χ1v) is 17.0. The van der Waals surface area contributed by atoms with Crippen LogP contribution in [0.2, 0.25) is 0 Å². The van der Waals surface area contributed by atoms with Gasteiger partial charge in [-0.3, -0.25) is 14.4 Å². The Morgan fingerprint density at radius 2 is 1.74 bits per heavy atom. The van der Waals surface area contributed by atoms with Crippen LogP contribution < -0.4 is 5.32 Å². The van der Waals surface area contributed by atoms with E-state index < -0.39 is 18.2 Å². The minimum Gasteiger partial charge on any atom is -0.508 e. The third-order valence-corrected chi connectivity index (χ3v) is 9.37. The van der Waals surface area contributed by atoms with E-state index in [2.05, 4.69) is 11.9 Å². The normalized spacial score (nSPS) is 18.1. The van der Waals surface area contributed by atoms with Gasteiger partial charge in [-0.15, -0.1) is 6.58 Å². The lowest BCUT2D eigenvalue weighted by Gasteiger charge is -2.55. The van der Waals surface area contributed by atoms with Crippen molar-refractivity contribution in [2.45, 2.75) is 52.0 Å². The number of urea groups is 1. The Kier molecular flexibility index (Phi) is 10.1.